The van der Waals surface area contributed by atoms with E-state index in [2.05, 4.69) is 10.6 Å². The highest BCUT2D eigenvalue weighted by atomic mass is 16.4. The second kappa shape index (κ2) is 11.3. The molecular weight excluding hydrogens is 260 g/mol. The first-order chi connectivity index (χ1) is 9.51. The highest BCUT2D eigenvalue weighted by molar-refractivity contribution is 5.83. The zero-order chi connectivity index (χ0) is 15.4. The maximum atomic E-state index is 11.4. The molecule has 0 aliphatic heterocycles. The van der Waals surface area contributed by atoms with Crippen molar-refractivity contribution >= 4 is 17.8 Å². The molecule has 0 spiro atoms. The molecule has 0 rings (SSSR count). The van der Waals surface area contributed by atoms with Crippen LogP contribution in [0.15, 0.2) is 0 Å². The van der Waals surface area contributed by atoms with Crippen molar-refractivity contribution in [1.29, 1.82) is 0 Å². The molecular formula is C14H26N2O4. The quantitative estimate of drug-likeness (QED) is 0.501. The van der Waals surface area contributed by atoms with Gasteiger partial charge in [0.25, 0.3) is 0 Å². The molecule has 0 radical (unpaired) electrons. The van der Waals surface area contributed by atoms with E-state index in [1.165, 1.54) is 0 Å². The van der Waals surface area contributed by atoms with Gasteiger partial charge in [-0.3, -0.25) is 9.59 Å². The van der Waals surface area contributed by atoms with Crippen LogP contribution >= 0.6 is 0 Å². The topological polar surface area (TPSA) is 95.5 Å². The minimum atomic E-state index is -1.01. The number of aliphatic carboxylic acids is 1. The number of hydrogen-bond acceptors (Lipinski definition) is 3. The molecule has 116 valence electrons. The van der Waals surface area contributed by atoms with Gasteiger partial charge in [-0.05, 0) is 32.1 Å². The predicted octanol–water partition coefficient (Wildman–Crippen LogP) is 1.44. The van der Waals surface area contributed by atoms with Gasteiger partial charge in [0.1, 0.15) is 6.04 Å². The summed E-state index contributed by atoms with van der Waals surface area (Å²) in [5, 5.41) is 14.3. The van der Waals surface area contributed by atoms with Crippen LogP contribution in [0.3, 0.4) is 0 Å². The van der Waals surface area contributed by atoms with Crippen LogP contribution < -0.4 is 10.6 Å². The number of hydrogen-bond donors (Lipinski definition) is 3. The van der Waals surface area contributed by atoms with E-state index >= 15 is 0 Å². The van der Waals surface area contributed by atoms with E-state index in [-0.39, 0.29) is 11.8 Å². The van der Waals surface area contributed by atoms with Gasteiger partial charge < -0.3 is 15.7 Å². The number of nitrogens with one attached hydrogen (secondary N) is 2. The van der Waals surface area contributed by atoms with Crippen LogP contribution in [0.1, 0.15) is 58.8 Å². The molecule has 0 bridgehead atoms. The van der Waals surface area contributed by atoms with Gasteiger partial charge in [0.05, 0.1) is 0 Å². The van der Waals surface area contributed by atoms with Gasteiger partial charge in [0.2, 0.25) is 11.8 Å². The zero-order valence-electron chi connectivity index (χ0n) is 12.4. The fourth-order valence-corrected chi connectivity index (χ4v) is 1.77. The van der Waals surface area contributed by atoms with E-state index in [0.29, 0.717) is 45.1 Å². The van der Waals surface area contributed by atoms with Crippen LogP contribution in [-0.4, -0.2) is 35.5 Å². The van der Waals surface area contributed by atoms with Gasteiger partial charge in [-0.15, -0.1) is 0 Å². The molecule has 6 nitrogen and oxygen atoms in total. The first kappa shape index (κ1) is 18.4. The maximum absolute atomic E-state index is 11.4. The third-order valence-corrected chi connectivity index (χ3v) is 2.83. The fourth-order valence-electron chi connectivity index (χ4n) is 1.77. The van der Waals surface area contributed by atoms with Gasteiger partial charge in [-0.2, -0.15) is 0 Å². The Morgan fingerprint density at radius 3 is 2.15 bits per heavy atom. The minimum absolute atomic E-state index is 0.0264. The summed E-state index contributed by atoms with van der Waals surface area (Å²) in [6.07, 6.45) is 4.12. The largest absolute Gasteiger partial charge is 0.480 e. The van der Waals surface area contributed by atoms with Crippen molar-refractivity contribution in [2.45, 2.75) is 64.8 Å². The van der Waals surface area contributed by atoms with Crippen LogP contribution in [0, 0.1) is 0 Å². The summed E-state index contributed by atoms with van der Waals surface area (Å²) in [5.74, 6) is -1.21. The van der Waals surface area contributed by atoms with Crippen molar-refractivity contribution in [3.05, 3.63) is 0 Å². The Morgan fingerprint density at radius 1 is 1.00 bits per heavy atom. The van der Waals surface area contributed by atoms with E-state index < -0.39 is 12.0 Å². The number of carbonyl (C=O) groups is 3. The van der Waals surface area contributed by atoms with Gasteiger partial charge in [-0.25, -0.2) is 4.79 Å². The first-order valence-corrected chi connectivity index (χ1v) is 7.30. The van der Waals surface area contributed by atoms with Crippen molar-refractivity contribution in [2.75, 3.05) is 6.54 Å². The van der Waals surface area contributed by atoms with Crippen molar-refractivity contribution in [3.8, 4) is 0 Å². The number of amides is 2. The molecule has 3 N–H and O–H groups in total. The lowest BCUT2D eigenvalue weighted by atomic mass is 10.1. The normalized spacial score (nSPS) is 11.7. The average molecular weight is 286 g/mol. The molecule has 0 aromatic carbocycles. The molecule has 0 unspecified atom stereocenters. The van der Waals surface area contributed by atoms with Crippen LogP contribution in [0.4, 0.5) is 0 Å². The first-order valence-electron chi connectivity index (χ1n) is 7.30. The molecule has 20 heavy (non-hydrogen) atoms. The number of carboxylic acids is 1. The average Bonchev–Trinajstić information content (AvgIpc) is 2.37. The van der Waals surface area contributed by atoms with Gasteiger partial charge in [-0.1, -0.05) is 13.8 Å². The Labute approximate surface area is 120 Å². The van der Waals surface area contributed by atoms with E-state index in [1.807, 2.05) is 13.8 Å². The van der Waals surface area contributed by atoms with E-state index in [1.54, 1.807) is 0 Å². The molecule has 0 aliphatic carbocycles. The van der Waals surface area contributed by atoms with Gasteiger partial charge in [0, 0.05) is 19.4 Å². The Morgan fingerprint density at radius 2 is 1.60 bits per heavy atom. The minimum Gasteiger partial charge on any atom is -0.480 e. The van der Waals surface area contributed by atoms with Crippen LogP contribution in [0.25, 0.3) is 0 Å². The molecule has 0 saturated heterocycles. The molecule has 0 aromatic rings. The number of carboxylic acid groups (broad SMARTS) is 1. The Hall–Kier alpha value is -1.59. The summed E-state index contributed by atoms with van der Waals surface area (Å²) in [7, 11) is 0. The summed E-state index contributed by atoms with van der Waals surface area (Å²) in [6.45, 7) is 4.36. The lowest BCUT2D eigenvalue weighted by Gasteiger charge is -2.14. The van der Waals surface area contributed by atoms with Crippen molar-refractivity contribution < 1.29 is 19.5 Å². The molecule has 0 saturated carbocycles. The van der Waals surface area contributed by atoms with Crippen LogP contribution in [-0.2, 0) is 14.4 Å². The fraction of sp³-hybridized carbons (Fsp3) is 0.786. The number of unbranched alkanes of at least 4 members (excludes halogenated alkanes) is 1. The highest BCUT2D eigenvalue weighted by Gasteiger charge is 2.18. The van der Waals surface area contributed by atoms with E-state index in [0.717, 1.165) is 6.42 Å². The smallest absolute Gasteiger partial charge is 0.326 e. The zero-order valence-corrected chi connectivity index (χ0v) is 12.4. The number of rotatable bonds is 11. The Kier molecular flexibility index (Phi) is 10.4. The number of carbonyl (C=O) groups excluding carboxylic acids is 2. The molecule has 1 atom stereocenters. The molecule has 2 amide bonds. The summed E-state index contributed by atoms with van der Waals surface area (Å²) in [5.41, 5.74) is 0. The van der Waals surface area contributed by atoms with Gasteiger partial charge in [0.15, 0.2) is 0 Å². The monoisotopic (exact) mass is 286 g/mol. The van der Waals surface area contributed by atoms with Gasteiger partial charge >= 0.3 is 5.97 Å². The third kappa shape index (κ3) is 9.35. The highest BCUT2D eigenvalue weighted by Crippen LogP contribution is 2.02. The Balaban J connectivity index is 3.84. The molecule has 0 aromatic heterocycles. The summed E-state index contributed by atoms with van der Waals surface area (Å²) < 4.78 is 0. The van der Waals surface area contributed by atoms with Crippen molar-refractivity contribution in [3.63, 3.8) is 0 Å². The van der Waals surface area contributed by atoms with Crippen LogP contribution in [0.5, 0.6) is 0 Å². The second-order valence-electron chi connectivity index (χ2n) is 4.80. The summed E-state index contributed by atoms with van der Waals surface area (Å²) >= 11 is 0. The molecule has 0 heterocycles. The maximum Gasteiger partial charge on any atom is 0.326 e. The molecule has 6 heteroatoms. The third-order valence-electron chi connectivity index (χ3n) is 2.83. The molecule has 0 aliphatic rings. The van der Waals surface area contributed by atoms with Crippen molar-refractivity contribution in [2.24, 2.45) is 0 Å². The van der Waals surface area contributed by atoms with Crippen molar-refractivity contribution in [1.82, 2.24) is 10.6 Å². The lowest BCUT2D eigenvalue weighted by molar-refractivity contribution is -0.142. The van der Waals surface area contributed by atoms with E-state index in [4.69, 9.17) is 5.11 Å². The second-order valence-corrected chi connectivity index (χ2v) is 4.80. The molecule has 0 fully saturated rings. The summed E-state index contributed by atoms with van der Waals surface area (Å²) in [4.78, 5) is 33.6. The predicted molar refractivity (Wildman–Crippen MR) is 76.2 cm³/mol. The summed E-state index contributed by atoms with van der Waals surface area (Å²) in [6, 6.07) is -0.833. The standard InChI is InChI=1S/C14H26N2O4/c1-3-7-12(17)15-10-6-5-9-11(14(19)20)16-13(18)8-4-2/h11H,3-10H2,1-2H3,(H,15,17)(H,16,18)(H,19,20)/t11-/m0/s1. The van der Waals surface area contributed by atoms with E-state index in [9.17, 15) is 14.4 Å². The SMILES string of the molecule is CCCC(=O)NCCCC[C@H](NC(=O)CCC)C(=O)O. The van der Waals surface area contributed by atoms with Crippen LogP contribution in [0.2, 0.25) is 0 Å². The lowest BCUT2D eigenvalue weighted by Crippen LogP contribution is -2.40. The Bertz CT molecular complexity index is 318.